The van der Waals surface area contributed by atoms with Crippen LogP contribution in [0.3, 0.4) is 0 Å². The van der Waals surface area contributed by atoms with Crippen LogP contribution in [-0.4, -0.2) is 36.5 Å². The number of ether oxygens (including phenoxy) is 1. The number of rotatable bonds is 2. The molecule has 0 spiro atoms. The molecule has 0 aliphatic carbocycles. The molecular formula is C5H8F3NO3. The average Bonchev–Trinajstić information content (AvgIpc) is 1.98. The Balaban J connectivity index is 4.29. The van der Waals surface area contributed by atoms with Crippen molar-refractivity contribution in [2.75, 3.05) is 7.11 Å². The van der Waals surface area contributed by atoms with Gasteiger partial charge in [0.1, 0.15) is 6.04 Å². The summed E-state index contributed by atoms with van der Waals surface area (Å²) in [6, 6.07) is -2.09. The number of esters is 1. The van der Waals surface area contributed by atoms with E-state index in [1.54, 1.807) is 0 Å². The van der Waals surface area contributed by atoms with Gasteiger partial charge < -0.3 is 15.6 Å². The summed E-state index contributed by atoms with van der Waals surface area (Å²) in [6.45, 7) is 0. The number of alkyl halides is 3. The van der Waals surface area contributed by atoms with Gasteiger partial charge in [0.05, 0.1) is 7.11 Å². The van der Waals surface area contributed by atoms with E-state index in [9.17, 15) is 18.0 Å². The van der Waals surface area contributed by atoms with Gasteiger partial charge >= 0.3 is 12.1 Å². The first-order chi connectivity index (χ1) is 5.30. The van der Waals surface area contributed by atoms with Crippen molar-refractivity contribution in [3.63, 3.8) is 0 Å². The molecule has 3 N–H and O–H groups in total. The highest BCUT2D eigenvalue weighted by atomic mass is 19.4. The molecule has 2 atom stereocenters. The molecule has 0 aliphatic rings. The summed E-state index contributed by atoms with van der Waals surface area (Å²) in [6.07, 6.45) is -7.79. The molecular weight excluding hydrogens is 179 g/mol. The highest BCUT2D eigenvalue weighted by Crippen LogP contribution is 2.21. The number of aliphatic hydroxyl groups is 1. The molecule has 12 heavy (non-hydrogen) atoms. The van der Waals surface area contributed by atoms with Crippen LogP contribution in [0.5, 0.6) is 0 Å². The number of nitrogens with two attached hydrogens (primary N) is 1. The van der Waals surface area contributed by atoms with Crippen LogP contribution in [0.4, 0.5) is 13.2 Å². The molecule has 0 saturated carbocycles. The van der Waals surface area contributed by atoms with Crippen molar-refractivity contribution in [3.8, 4) is 0 Å². The maximum Gasteiger partial charge on any atom is 0.416 e. The van der Waals surface area contributed by atoms with Crippen LogP contribution in [-0.2, 0) is 9.53 Å². The van der Waals surface area contributed by atoms with E-state index in [1.165, 1.54) is 0 Å². The maximum atomic E-state index is 11.7. The summed E-state index contributed by atoms with van der Waals surface area (Å²) in [5.74, 6) is -1.31. The largest absolute Gasteiger partial charge is 0.468 e. The second kappa shape index (κ2) is 3.72. The molecule has 0 aliphatic heterocycles. The first kappa shape index (κ1) is 11.2. The number of aliphatic hydroxyl groups excluding tert-OH is 1. The van der Waals surface area contributed by atoms with E-state index in [1.807, 2.05) is 0 Å². The maximum absolute atomic E-state index is 11.7. The van der Waals surface area contributed by atoms with Gasteiger partial charge in [-0.05, 0) is 0 Å². The number of carbonyl (C=O) groups excluding carboxylic acids is 1. The van der Waals surface area contributed by atoms with Crippen LogP contribution in [0.15, 0.2) is 0 Å². The van der Waals surface area contributed by atoms with Crippen LogP contribution < -0.4 is 5.73 Å². The minimum atomic E-state index is -4.91. The lowest BCUT2D eigenvalue weighted by atomic mass is 10.2. The average molecular weight is 187 g/mol. The molecule has 0 aromatic carbocycles. The second-order valence-electron chi connectivity index (χ2n) is 2.04. The van der Waals surface area contributed by atoms with Crippen LogP contribution in [0.25, 0.3) is 0 Å². The summed E-state index contributed by atoms with van der Waals surface area (Å²) in [5, 5.41) is 8.40. The molecule has 0 radical (unpaired) electrons. The fourth-order valence-corrected chi connectivity index (χ4v) is 0.469. The van der Waals surface area contributed by atoms with E-state index in [2.05, 4.69) is 4.74 Å². The summed E-state index contributed by atoms with van der Waals surface area (Å²) < 4.78 is 38.9. The molecule has 0 bridgehead atoms. The van der Waals surface area contributed by atoms with Gasteiger partial charge in [-0.15, -0.1) is 0 Å². The van der Waals surface area contributed by atoms with Gasteiger partial charge in [-0.2, -0.15) is 13.2 Å². The van der Waals surface area contributed by atoms with E-state index in [0.29, 0.717) is 0 Å². The Labute approximate surface area is 66.1 Å². The third kappa shape index (κ3) is 2.67. The predicted molar refractivity (Wildman–Crippen MR) is 32.1 cm³/mol. The summed E-state index contributed by atoms with van der Waals surface area (Å²) in [7, 11) is 0.880. The van der Waals surface area contributed by atoms with Crippen molar-refractivity contribution in [1.29, 1.82) is 0 Å². The van der Waals surface area contributed by atoms with E-state index < -0.39 is 24.3 Å². The van der Waals surface area contributed by atoms with Crippen LogP contribution >= 0.6 is 0 Å². The van der Waals surface area contributed by atoms with Gasteiger partial charge in [-0.3, -0.25) is 4.79 Å². The molecule has 0 rings (SSSR count). The third-order valence-electron chi connectivity index (χ3n) is 1.15. The molecule has 0 fully saturated rings. The van der Waals surface area contributed by atoms with Gasteiger partial charge in [0, 0.05) is 0 Å². The summed E-state index contributed by atoms with van der Waals surface area (Å²) in [5.41, 5.74) is 4.71. The number of hydrogen-bond acceptors (Lipinski definition) is 4. The van der Waals surface area contributed by atoms with Crippen molar-refractivity contribution in [2.24, 2.45) is 5.73 Å². The molecule has 0 unspecified atom stereocenters. The first-order valence-corrected chi connectivity index (χ1v) is 2.89. The predicted octanol–water partition coefficient (Wildman–Crippen LogP) is -0.590. The molecule has 72 valence electrons. The molecule has 0 aromatic rings. The highest BCUT2D eigenvalue weighted by molar-refractivity contribution is 5.76. The van der Waals surface area contributed by atoms with Crippen LogP contribution in [0.1, 0.15) is 0 Å². The van der Waals surface area contributed by atoms with Crippen molar-refractivity contribution in [3.05, 3.63) is 0 Å². The fourth-order valence-electron chi connectivity index (χ4n) is 0.469. The zero-order valence-electron chi connectivity index (χ0n) is 6.13. The van der Waals surface area contributed by atoms with Gasteiger partial charge in [0.2, 0.25) is 0 Å². The molecule has 0 saturated heterocycles. The van der Waals surface area contributed by atoms with Crippen LogP contribution in [0, 0.1) is 0 Å². The van der Waals surface area contributed by atoms with Crippen molar-refractivity contribution in [2.45, 2.75) is 18.3 Å². The SMILES string of the molecule is COC(=O)[C@H](N)[C@@H](O)C(F)(F)F. The van der Waals surface area contributed by atoms with Gasteiger partial charge in [-0.25, -0.2) is 0 Å². The zero-order chi connectivity index (χ0) is 9.94. The monoisotopic (exact) mass is 187 g/mol. The number of halogens is 3. The molecule has 0 heterocycles. The van der Waals surface area contributed by atoms with Gasteiger partial charge in [0.25, 0.3) is 0 Å². The Bertz CT molecular complexity index is 170. The van der Waals surface area contributed by atoms with E-state index in [4.69, 9.17) is 10.8 Å². The standard InChI is InChI=1S/C5H8F3NO3/c1-12-4(11)2(9)3(10)5(6,7)8/h2-3,10H,9H2,1H3/t2-,3-/m1/s1. The quantitative estimate of drug-likeness (QED) is 0.567. The summed E-state index contributed by atoms with van der Waals surface area (Å²) >= 11 is 0. The normalized spacial score (nSPS) is 16.8. The van der Waals surface area contributed by atoms with Gasteiger partial charge in [-0.1, -0.05) is 0 Å². The minimum Gasteiger partial charge on any atom is -0.468 e. The second-order valence-corrected chi connectivity index (χ2v) is 2.04. The lowest BCUT2D eigenvalue weighted by molar-refractivity contribution is -0.213. The van der Waals surface area contributed by atoms with E-state index >= 15 is 0 Å². The molecule has 0 amide bonds. The highest BCUT2D eigenvalue weighted by Gasteiger charge is 2.45. The topological polar surface area (TPSA) is 72.5 Å². The van der Waals surface area contributed by atoms with E-state index in [0.717, 1.165) is 7.11 Å². The fraction of sp³-hybridized carbons (Fsp3) is 0.800. The summed E-state index contributed by atoms with van der Waals surface area (Å²) in [4.78, 5) is 10.4. The molecule has 7 heteroatoms. The zero-order valence-corrected chi connectivity index (χ0v) is 6.13. The smallest absolute Gasteiger partial charge is 0.416 e. The van der Waals surface area contributed by atoms with Crippen molar-refractivity contribution >= 4 is 5.97 Å². The Morgan fingerprint density at radius 3 is 2.25 bits per heavy atom. The van der Waals surface area contributed by atoms with Crippen LogP contribution in [0.2, 0.25) is 0 Å². The number of hydrogen-bond donors (Lipinski definition) is 2. The third-order valence-corrected chi connectivity index (χ3v) is 1.15. The number of carbonyl (C=O) groups is 1. The molecule has 0 aromatic heterocycles. The molecule has 4 nitrogen and oxygen atoms in total. The number of methoxy groups -OCH3 is 1. The first-order valence-electron chi connectivity index (χ1n) is 2.89. The van der Waals surface area contributed by atoms with E-state index in [-0.39, 0.29) is 0 Å². The Hall–Kier alpha value is -0.820. The van der Waals surface area contributed by atoms with Crippen molar-refractivity contribution in [1.82, 2.24) is 0 Å². The lowest BCUT2D eigenvalue weighted by Gasteiger charge is -2.18. The van der Waals surface area contributed by atoms with Crippen molar-refractivity contribution < 1.29 is 27.8 Å². The minimum absolute atomic E-state index is 0.880. The Morgan fingerprint density at radius 1 is 1.58 bits per heavy atom. The van der Waals surface area contributed by atoms with Gasteiger partial charge in [0.15, 0.2) is 6.10 Å². The lowest BCUT2D eigenvalue weighted by Crippen LogP contribution is -2.50. The Morgan fingerprint density at radius 2 is 2.00 bits per heavy atom. The Kier molecular flexibility index (Phi) is 3.47.